The van der Waals surface area contributed by atoms with E-state index in [1.807, 2.05) is 18.8 Å². The molecule has 1 saturated heterocycles. The Morgan fingerprint density at radius 3 is 3.05 bits per heavy atom. The monoisotopic (exact) mass is 345 g/mol. The first-order valence-electron chi connectivity index (χ1n) is 7.23. The number of rotatable bonds is 7. The van der Waals surface area contributed by atoms with Crippen molar-refractivity contribution in [3.05, 3.63) is 16.4 Å². The minimum absolute atomic E-state index is 0.321. The van der Waals surface area contributed by atoms with Crippen molar-refractivity contribution in [2.45, 2.75) is 44.4 Å². The van der Waals surface area contributed by atoms with E-state index in [-0.39, 0.29) is 0 Å². The lowest BCUT2D eigenvalue weighted by atomic mass is 10.1. The van der Waals surface area contributed by atoms with Gasteiger partial charge in [-0.3, -0.25) is 4.68 Å². The zero-order chi connectivity index (χ0) is 14.5. The Balaban J connectivity index is 1.93. The maximum Gasteiger partial charge on any atom is 0.0969 e. The average Bonchev–Trinajstić information content (AvgIpc) is 3.03. The van der Waals surface area contributed by atoms with E-state index in [0.29, 0.717) is 6.10 Å². The Morgan fingerprint density at radius 2 is 2.40 bits per heavy atom. The Morgan fingerprint density at radius 1 is 1.60 bits per heavy atom. The van der Waals surface area contributed by atoms with E-state index >= 15 is 0 Å². The van der Waals surface area contributed by atoms with Crippen LogP contribution in [0.3, 0.4) is 0 Å². The van der Waals surface area contributed by atoms with E-state index in [1.54, 1.807) is 6.20 Å². The third-order valence-electron chi connectivity index (χ3n) is 3.69. The molecular formula is C14H24BrN3O2. The first kappa shape index (κ1) is 15.9. The molecule has 1 N–H and O–H groups in total. The topological polar surface area (TPSA) is 50.5 Å². The van der Waals surface area contributed by atoms with Gasteiger partial charge in [0.15, 0.2) is 0 Å². The molecule has 0 bridgehead atoms. The van der Waals surface area contributed by atoms with Crippen LogP contribution in [0.25, 0.3) is 0 Å². The Labute approximate surface area is 129 Å². The van der Waals surface area contributed by atoms with Crippen LogP contribution in [0.15, 0.2) is 10.7 Å². The van der Waals surface area contributed by atoms with E-state index in [2.05, 4.69) is 25.9 Å². The summed E-state index contributed by atoms with van der Waals surface area (Å²) >= 11 is 3.49. The van der Waals surface area contributed by atoms with Crippen molar-refractivity contribution >= 4 is 15.9 Å². The summed E-state index contributed by atoms with van der Waals surface area (Å²) in [6, 6.07) is 0. The number of hydrogen-bond acceptors (Lipinski definition) is 4. The highest BCUT2D eigenvalue weighted by atomic mass is 79.9. The normalized spacial score (nSPS) is 20.8. The van der Waals surface area contributed by atoms with Gasteiger partial charge in [-0.2, -0.15) is 5.10 Å². The second kappa shape index (κ2) is 7.54. The summed E-state index contributed by atoms with van der Waals surface area (Å²) in [5.74, 6) is 0. The molecule has 1 aromatic rings. The van der Waals surface area contributed by atoms with E-state index < -0.39 is 6.10 Å². The Kier molecular flexibility index (Phi) is 6.01. The molecule has 2 rings (SSSR count). The van der Waals surface area contributed by atoms with Crippen LogP contribution in [-0.2, 0) is 11.3 Å². The summed E-state index contributed by atoms with van der Waals surface area (Å²) < 4.78 is 8.39. The van der Waals surface area contributed by atoms with Crippen molar-refractivity contribution in [1.82, 2.24) is 14.7 Å². The van der Waals surface area contributed by atoms with E-state index in [1.165, 1.54) is 0 Å². The highest BCUT2D eigenvalue weighted by Gasteiger charge is 2.21. The smallest absolute Gasteiger partial charge is 0.0969 e. The lowest BCUT2D eigenvalue weighted by Crippen LogP contribution is -2.21. The number of aliphatic hydroxyl groups excluding tert-OH is 1. The molecule has 1 fully saturated rings. The van der Waals surface area contributed by atoms with Crippen molar-refractivity contribution in [3.8, 4) is 0 Å². The summed E-state index contributed by atoms with van der Waals surface area (Å²) in [4.78, 5) is 2.11. The summed E-state index contributed by atoms with van der Waals surface area (Å²) in [5.41, 5.74) is 0.879. The van der Waals surface area contributed by atoms with Gasteiger partial charge in [-0.25, -0.2) is 0 Å². The van der Waals surface area contributed by atoms with Gasteiger partial charge in [0.1, 0.15) is 0 Å². The number of ether oxygens (including phenoxy) is 1. The number of likely N-dealkylation sites (N-methyl/N-ethyl adjacent to an activating group) is 1. The van der Waals surface area contributed by atoms with E-state index in [9.17, 15) is 5.11 Å². The molecule has 1 aliphatic rings. The van der Waals surface area contributed by atoms with Gasteiger partial charge in [-0.15, -0.1) is 0 Å². The van der Waals surface area contributed by atoms with Crippen molar-refractivity contribution in [1.29, 1.82) is 0 Å². The molecule has 1 aromatic heterocycles. The lowest BCUT2D eigenvalue weighted by molar-refractivity contribution is 0.0785. The zero-order valence-electron chi connectivity index (χ0n) is 12.3. The summed E-state index contributed by atoms with van der Waals surface area (Å²) in [5, 5.41) is 14.8. The number of hydrogen-bond donors (Lipinski definition) is 1. The standard InChI is InChI=1S/C14H24BrN3O2/c1-17(2)7-8-18-14(12(15)10-16-18)13(19)6-5-11-4-3-9-20-11/h10-11,13,19H,3-9H2,1-2H3. The lowest BCUT2D eigenvalue weighted by Gasteiger charge is -2.17. The number of nitrogens with zero attached hydrogens (tertiary/aromatic N) is 3. The van der Waals surface area contributed by atoms with Crippen LogP contribution < -0.4 is 0 Å². The van der Waals surface area contributed by atoms with Gasteiger partial charge >= 0.3 is 0 Å². The van der Waals surface area contributed by atoms with Crippen molar-refractivity contribution in [2.24, 2.45) is 0 Å². The second-order valence-electron chi connectivity index (χ2n) is 5.63. The van der Waals surface area contributed by atoms with Gasteiger partial charge in [-0.1, -0.05) is 0 Å². The molecule has 2 atom stereocenters. The van der Waals surface area contributed by atoms with Gasteiger partial charge in [0, 0.05) is 13.2 Å². The molecular weight excluding hydrogens is 322 g/mol. The van der Waals surface area contributed by atoms with Crippen molar-refractivity contribution < 1.29 is 9.84 Å². The van der Waals surface area contributed by atoms with Crippen LogP contribution in [0, 0.1) is 0 Å². The largest absolute Gasteiger partial charge is 0.387 e. The molecule has 0 spiro atoms. The molecule has 0 saturated carbocycles. The number of aromatic nitrogens is 2. The minimum atomic E-state index is -0.488. The summed E-state index contributed by atoms with van der Waals surface area (Å²) in [7, 11) is 4.07. The SMILES string of the molecule is CN(C)CCn1ncc(Br)c1C(O)CCC1CCCO1. The fourth-order valence-electron chi connectivity index (χ4n) is 2.53. The van der Waals surface area contributed by atoms with Crippen molar-refractivity contribution in [3.63, 3.8) is 0 Å². The molecule has 0 aliphatic carbocycles. The summed E-state index contributed by atoms with van der Waals surface area (Å²) in [6.45, 7) is 2.55. The maximum atomic E-state index is 10.4. The zero-order valence-corrected chi connectivity index (χ0v) is 13.8. The molecule has 0 aromatic carbocycles. The van der Waals surface area contributed by atoms with E-state index in [0.717, 1.165) is 55.5 Å². The van der Waals surface area contributed by atoms with Gasteiger partial charge in [0.05, 0.1) is 35.1 Å². The fraction of sp³-hybridized carbons (Fsp3) is 0.786. The van der Waals surface area contributed by atoms with Gasteiger partial charge in [0.25, 0.3) is 0 Å². The van der Waals surface area contributed by atoms with Crippen LogP contribution >= 0.6 is 15.9 Å². The fourth-order valence-corrected chi connectivity index (χ4v) is 3.09. The maximum absolute atomic E-state index is 10.4. The first-order valence-corrected chi connectivity index (χ1v) is 8.03. The van der Waals surface area contributed by atoms with Crippen LogP contribution in [0.5, 0.6) is 0 Å². The van der Waals surface area contributed by atoms with Crippen LogP contribution in [0.2, 0.25) is 0 Å². The highest BCUT2D eigenvalue weighted by molar-refractivity contribution is 9.10. The molecule has 2 unspecified atom stereocenters. The van der Waals surface area contributed by atoms with Crippen LogP contribution in [-0.4, -0.2) is 53.1 Å². The van der Waals surface area contributed by atoms with Crippen LogP contribution in [0.1, 0.15) is 37.5 Å². The van der Waals surface area contributed by atoms with Gasteiger partial charge in [0.2, 0.25) is 0 Å². The molecule has 0 radical (unpaired) electrons. The molecule has 6 heteroatoms. The molecule has 114 valence electrons. The van der Waals surface area contributed by atoms with Crippen molar-refractivity contribution in [2.75, 3.05) is 27.2 Å². The Hall–Kier alpha value is -0.430. The molecule has 2 heterocycles. The third kappa shape index (κ3) is 4.28. The number of aliphatic hydroxyl groups is 1. The predicted molar refractivity (Wildman–Crippen MR) is 81.6 cm³/mol. The van der Waals surface area contributed by atoms with Gasteiger partial charge in [-0.05, 0) is 55.7 Å². The second-order valence-corrected chi connectivity index (χ2v) is 6.49. The average molecular weight is 346 g/mol. The number of halogens is 1. The molecule has 0 amide bonds. The van der Waals surface area contributed by atoms with Gasteiger partial charge < -0.3 is 14.7 Å². The first-order chi connectivity index (χ1) is 9.58. The Bertz CT molecular complexity index is 417. The predicted octanol–water partition coefficient (Wildman–Crippen LogP) is 2.20. The quantitative estimate of drug-likeness (QED) is 0.822. The molecule has 20 heavy (non-hydrogen) atoms. The van der Waals surface area contributed by atoms with Crippen LogP contribution in [0.4, 0.5) is 0 Å². The highest BCUT2D eigenvalue weighted by Crippen LogP contribution is 2.28. The third-order valence-corrected chi connectivity index (χ3v) is 4.30. The van der Waals surface area contributed by atoms with E-state index in [4.69, 9.17) is 4.74 Å². The molecule has 5 nitrogen and oxygen atoms in total. The summed E-state index contributed by atoms with van der Waals surface area (Å²) in [6.07, 6.45) is 5.49. The minimum Gasteiger partial charge on any atom is -0.387 e. The molecule has 1 aliphatic heterocycles.